The minimum absolute atomic E-state index is 0.0270. The summed E-state index contributed by atoms with van der Waals surface area (Å²) in [6, 6.07) is 5.72. The van der Waals surface area contributed by atoms with Crippen molar-refractivity contribution in [1.29, 1.82) is 0 Å². The lowest BCUT2D eigenvalue weighted by Gasteiger charge is -2.41. The Morgan fingerprint density at radius 2 is 1.93 bits per heavy atom. The van der Waals surface area contributed by atoms with Gasteiger partial charge in [-0.15, -0.1) is 0 Å². The van der Waals surface area contributed by atoms with Crippen LogP contribution in [0.2, 0.25) is 0 Å². The minimum Gasteiger partial charge on any atom is -0.483 e. The summed E-state index contributed by atoms with van der Waals surface area (Å²) in [4.78, 5) is 28.2. The smallest absolute Gasteiger partial charge is 0.290 e. The topological polar surface area (TPSA) is 46.6 Å². The van der Waals surface area contributed by atoms with E-state index in [4.69, 9.17) is 4.74 Å². The highest BCUT2D eigenvalue weighted by molar-refractivity contribution is 6.11. The monoisotopic (exact) mass is 371 g/mol. The van der Waals surface area contributed by atoms with Crippen molar-refractivity contribution in [2.24, 2.45) is 17.8 Å². The molecule has 1 fully saturated rings. The van der Waals surface area contributed by atoms with Gasteiger partial charge < -0.3 is 9.64 Å². The molecule has 1 aromatic carbocycles. The van der Waals surface area contributed by atoms with Crippen LogP contribution in [0, 0.1) is 23.6 Å². The lowest BCUT2D eigenvalue weighted by Crippen LogP contribution is -2.45. The predicted molar refractivity (Wildman–Crippen MR) is 99.1 cm³/mol. The lowest BCUT2D eigenvalue weighted by molar-refractivity contribution is -0.138. The van der Waals surface area contributed by atoms with Gasteiger partial charge in [-0.25, -0.2) is 4.39 Å². The Balaban J connectivity index is 1.82. The van der Waals surface area contributed by atoms with Gasteiger partial charge >= 0.3 is 0 Å². The van der Waals surface area contributed by atoms with Gasteiger partial charge in [0.1, 0.15) is 11.9 Å². The zero-order chi connectivity index (χ0) is 19.3. The molecule has 2 heterocycles. The van der Waals surface area contributed by atoms with Gasteiger partial charge in [-0.1, -0.05) is 39.0 Å². The molecule has 0 bridgehead atoms. The number of amides is 1. The normalized spacial score (nSPS) is 33.0. The van der Waals surface area contributed by atoms with E-state index in [1.807, 2.05) is 6.92 Å². The van der Waals surface area contributed by atoms with Crippen LogP contribution in [0.15, 0.2) is 35.6 Å². The molecule has 0 saturated heterocycles. The first-order valence-corrected chi connectivity index (χ1v) is 9.94. The molecule has 27 heavy (non-hydrogen) atoms. The number of hydrogen-bond acceptors (Lipinski definition) is 3. The second-order valence-electron chi connectivity index (χ2n) is 8.27. The summed E-state index contributed by atoms with van der Waals surface area (Å²) in [6.07, 6.45) is 2.23. The molecule has 1 aliphatic carbocycles. The first-order valence-electron chi connectivity index (χ1n) is 9.94. The van der Waals surface area contributed by atoms with Gasteiger partial charge in [-0.3, -0.25) is 9.59 Å². The van der Waals surface area contributed by atoms with Gasteiger partial charge in [0.2, 0.25) is 0 Å². The number of rotatable bonds is 3. The van der Waals surface area contributed by atoms with E-state index < -0.39 is 11.9 Å². The molecule has 5 unspecified atom stereocenters. The first-order chi connectivity index (χ1) is 12.9. The molecule has 0 radical (unpaired) electrons. The predicted octanol–water partition coefficient (Wildman–Crippen LogP) is 4.02. The molecule has 5 atom stereocenters. The van der Waals surface area contributed by atoms with E-state index in [1.54, 1.807) is 23.1 Å². The lowest BCUT2D eigenvalue weighted by atomic mass is 9.69. The summed E-state index contributed by atoms with van der Waals surface area (Å²) < 4.78 is 20.8. The van der Waals surface area contributed by atoms with Crippen LogP contribution in [0.5, 0.6) is 0 Å². The van der Waals surface area contributed by atoms with E-state index in [-0.39, 0.29) is 35.4 Å². The van der Waals surface area contributed by atoms with E-state index in [9.17, 15) is 14.0 Å². The Labute approximate surface area is 159 Å². The van der Waals surface area contributed by atoms with Crippen LogP contribution in [0.3, 0.4) is 0 Å². The third-order valence-electron chi connectivity index (χ3n) is 6.21. The largest absolute Gasteiger partial charge is 0.483 e. The number of halogens is 1. The number of Topliss-reactive ketones (excluding diaryl/α,β-unsaturated/α-hetero) is 1. The second-order valence-corrected chi connectivity index (χ2v) is 8.27. The number of fused-ring (bicyclic) bond motifs is 1. The number of ketones is 1. The van der Waals surface area contributed by atoms with Crippen LogP contribution < -0.4 is 0 Å². The fourth-order valence-corrected chi connectivity index (χ4v) is 5.16. The molecule has 1 amide bonds. The zero-order valence-corrected chi connectivity index (χ0v) is 16.1. The number of hydrogen-bond donors (Lipinski definition) is 0. The Morgan fingerprint density at radius 3 is 2.63 bits per heavy atom. The highest BCUT2D eigenvalue weighted by Crippen LogP contribution is 2.49. The molecule has 144 valence electrons. The quantitative estimate of drug-likeness (QED) is 0.806. The Bertz CT molecular complexity index is 818. The van der Waals surface area contributed by atoms with Gasteiger partial charge in [0.25, 0.3) is 5.91 Å². The summed E-state index contributed by atoms with van der Waals surface area (Å²) in [5.41, 5.74) is 0.734. The third kappa shape index (κ3) is 2.79. The van der Waals surface area contributed by atoms with Crippen LogP contribution in [0.25, 0.3) is 0 Å². The minimum atomic E-state index is -0.686. The molecule has 0 N–H and O–H groups in total. The summed E-state index contributed by atoms with van der Waals surface area (Å²) in [5, 5.41) is 0. The fraction of sp³-hybridized carbons (Fsp3) is 0.545. The molecule has 0 aromatic heterocycles. The van der Waals surface area contributed by atoms with E-state index in [1.165, 1.54) is 6.07 Å². The van der Waals surface area contributed by atoms with Gasteiger partial charge in [0.15, 0.2) is 11.5 Å². The fourth-order valence-electron chi connectivity index (χ4n) is 5.16. The van der Waals surface area contributed by atoms with Crippen molar-refractivity contribution in [2.45, 2.75) is 52.2 Å². The van der Waals surface area contributed by atoms with Crippen molar-refractivity contribution in [3.63, 3.8) is 0 Å². The van der Waals surface area contributed by atoms with Crippen molar-refractivity contribution in [3.05, 3.63) is 47.0 Å². The highest BCUT2D eigenvalue weighted by atomic mass is 19.1. The van der Waals surface area contributed by atoms with Crippen molar-refractivity contribution in [3.8, 4) is 0 Å². The van der Waals surface area contributed by atoms with E-state index >= 15 is 0 Å². The number of carbonyl (C=O) groups excluding carboxylic acids is 2. The van der Waals surface area contributed by atoms with E-state index in [0.29, 0.717) is 23.6 Å². The zero-order valence-electron chi connectivity index (χ0n) is 16.1. The summed E-state index contributed by atoms with van der Waals surface area (Å²) >= 11 is 0. The van der Waals surface area contributed by atoms with Crippen molar-refractivity contribution in [2.75, 3.05) is 6.54 Å². The van der Waals surface area contributed by atoms with Crippen molar-refractivity contribution >= 4 is 11.7 Å². The number of benzene rings is 1. The molecule has 4 rings (SSSR count). The summed E-state index contributed by atoms with van der Waals surface area (Å²) in [6.45, 7) is 6.67. The van der Waals surface area contributed by atoms with Crippen LogP contribution >= 0.6 is 0 Å². The maximum absolute atomic E-state index is 14.6. The average molecular weight is 371 g/mol. The summed E-state index contributed by atoms with van der Waals surface area (Å²) in [7, 11) is 0. The van der Waals surface area contributed by atoms with Gasteiger partial charge in [0.05, 0.1) is 17.5 Å². The van der Waals surface area contributed by atoms with Crippen molar-refractivity contribution in [1.82, 2.24) is 4.90 Å². The average Bonchev–Trinajstić information content (AvgIpc) is 2.88. The van der Waals surface area contributed by atoms with Gasteiger partial charge in [-0.2, -0.15) is 0 Å². The van der Waals surface area contributed by atoms with Crippen LogP contribution in [-0.4, -0.2) is 29.2 Å². The second kappa shape index (κ2) is 6.77. The first kappa shape index (κ1) is 18.2. The molecule has 0 spiro atoms. The van der Waals surface area contributed by atoms with E-state index in [2.05, 4.69) is 13.8 Å². The molecular weight excluding hydrogens is 345 g/mol. The maximum atomic E-state index is 14.6. The molecular formula is C22H26FNO3. The van der Waals surface area contributed by atoms with Gasteiger partial charge in [0, 0.05) is 12.1 Å². The molecule has 1 aromatic rings. The number of carbonyl (C=O) groups is 2. The molecule has 5 heteroatoms. The highest BCUT2D eigenvalue weighted by Gasteiger charge is 2.54. The Kier molecular flexibility index (Phi) is 4.57. The third-order valence-corrected chi connectivity index (χ3v) is 6.21. The number of ether oxygens (including phenoxy) is 1. The van der Waals surface area contributed by atoms with Crippen LogP contribution in [0.1, 0.15) is 51.6 Å². The Morgan fingerprint density at radius 1 is 1.19 bits per heavy atom. The van der Waals surface area contributed by atoms with Crippen molar-refractivity contribution < 1.29 is 18.7 Å². The Hall–Kier alpha value is -2.17. The van der Waals surface area contributed by atoms with E-state index in [0.717, 1.165) is 19.3 Å². The van der Waals surface area contributed by atoms with Crippen LogP contribution in [-0.2, 0) is 14.3 Å². The standard InChI is InChI=1S/C22H26FNO3/c1-4-9-24-19(14-7-5-6-8-15(14)23)18-20(25)17-13(3)10-12(2)11-16(17)27-21(18)22(24)26/h5-8,12-13,16-17,19H,4,9-11H2,1-3H3. The van der Waals surface area contributed by atoms with Crippen LogP contribution in [0.4, 0.5) is 4.39 Å². The maximum Gasteiger partial charge on any atom is 0.290 e. The molecule has 3 aliphatic rings. The number of nitrogens with zero attached hydrogens (tertiary/aromatic N) is 1. The summed E-state index contributed by atoms with van der Waals surface area (Å²) in [5.74, 6) is -0.143. The molecule has 4 nitrogen and oxygen atoms in total. The molecule has 2 aliphatic heterocycles. The SMILES string of the molecule is CCCN1C(=O)C2=C(C(=O)C3C(C)CC(C)CC3O2)C1c1ccccc1F. The molecule has 1 saturated carbocycles. The van der Waals surface area contributed by atoms with Gasteiger partial charge in [-0.05, 0) is 37.2 Å².